The highest BCUT2D eigenvalue weighted by Crippen LogP contribution is 2.27. The first-order valence-corrected chi connectivity index (χ1v) is 10.7. The number of nitrogens with one attached hydrogen (secondary N) is 2. The predicted octanol–water partition coefficient (Wildman–Crippen LogP) is 2.53. The maximum absolute atomic E-state index is 12.6. The molecule has 8 heteroatoms. The molecule has 0 radical (unpaired) electrons. The zero-order valence-corrected chi connectivity index (χ0v) is 16.7. The van der Waals surface area contributed by atoms with Gasteiger partial charge in [0.2, 0.25) is 15.9 Å². The molecule has 0 saturated carbocycles. The van der Waals surface area contributed by atoms with Crippen molar-refractivity contribution in [2.45, 2.75) is 25.3 Å². The molecule has 0 heterocycles. The first kappa shape index (κ1) is 21.2. The second kappa shape index (κ2) is 9.21. The van der Waals surface area contributed by atoms with E-state index < -0.39 is 22.0 Å². The van der Waals surface area contributed by atoms with Gasteiger partial charge in [-0.2, -0.15) is 0 Å². The number of carbonyl (C=O) groups is 1. The van der Waals surface area contributed by atoms with Crippen LogP contribution >= 0.6 is 11.6 Å². The summed E-state index contributed by atoms with van der Waals surface area (Å²) >= 11 is 6.13. The molecule has 0 bridgehead atoms. The van der Waals surface area contributed by atoms with Crippen LogP contribution in [0.25, 0.3) is 0 Å². The second-order valence-electron chi connectivity index (χ2n) is 6.41. The molecule has 0 unspecified atom stereocenters. The molecule has 2 aromatic rings. The summed E-state index contributed by atoms with van der Waals surface area (Å²) in [4.78, 5) is 12.6. The quantitative estimate of drug-likeness (QED) is 0.623. The molecule has 0 aromatic heterocycles. The van der Waals surface area contributed by atoms with Gasteiger partial charge in [-0.25, -0.2) is 8.42 Å². The van der Waals surface area contributed by atoms with Gasteiger partial charge >= 0.3 is 0 Å². The van der Waals surface area contributed by atoms with Crippen molar-refractivity contribution in [1.82, 2.24) is 5.32 Å². The summed E-state index contributed by atoms with van der Waals surface area (Å²) in [6.07, 6.45) is 1.56. The van der Waals surface area contributed by atoms with E-state index in [0.717, 1.165) is 11.8 Å². The van der Waals surface area contributed by atoms with Gasteiger partial charge in [-0.3, -0.25) is 9.52 Å². The lowest BCUT2D eigenvalue weighted by Crippen LogP contribution is -2.41. The molecule has 0 saturated heterocycles. The number of sulfonamides is 1. The van der Waals surface area contributed by atoms with E-state index in [1.165, 1.54) is 6.07 Å². The molecule has 6 nitrogen and oxygen atoms in total. The van der Waals surface area contributed by atoms with E-state index in [1.807, 2.05) is 30.3 Å². The minimum absolute atomic E-state index is 0.175. The van der Waals surface area contributed by atoms with Gasteiger partial charge in [0.15, 0.2) is 0 Å². The van der Waals surface area contributed by atoms with Crippen LogP contribution in [0.5, 0.6) is 0 Å². The molecule has 0 aliphatic heterocycles. The van der Waals surface area contributed by atoms with E-state index in [0.29, 0.717) is 12.0 Å². The van der Waals surface area contributed by atoms with Crippen molar-refractivity contribution in [3.05, 3.63) is 64.7 Å². The Kier molecular flexibility index (Phi) is 7.24. The van der Waals surface area contributed by atoms with E-state index in [9.17, 15) is 18.3 Å². The molecular weight excluding hydrogens is 388 g/mol. The number of anilines is 1. The Labute approximate surface area is 164 Å². The number of halogens is 1. The molecule has 1 amide bonds. The Bertz CT molecular complexity index is 888. The molecule has 0 aliphatic carbocycles. The lowest BCUT2D eigenvalue weighted by molar-refractivity contribution is -0.123. The minimum Gasteiger partial charge on any atom is -0.394 e. The molecule has 2 rings (SSSR count). The summed E-state index contributed by atoms with van der Waals surface area (Å²) in [5.41, 5.74) is 1.92. The number of benzene rings is 2. The number of rotatable bonds is 8. The van der Waals surface area contributed by atoms with Crippen molar-refractivity contribution in [1.29, 1.82) is 0 Å². The van der Waals surface area contributed by atoms with Crippen molar-refractivity contribution < 1.29 is 18.3 Å². The summed E-state index contributed by atoms with van der Waals surface area (Å²) < 4.78 is 25.0. The van der Waals surface area contributed by atoms with E-state index in [2.05, 4.69) is 10.0 Å². The molecule has 3 N–H and O–H groups in total. The fraction of sp³-hybridized carbons (Fsp3) is 0.316. The molecule has 0 spiro atoms. The van der Waals surface area contributed by atoms with Crippen LogP contribution in [0.1, 0.15) is 24.0 Å². The van der Waals surface area contributed by atoms with Gasteiger partial charge in [0.1, 0.15) is 0 Å². The van der Waals surface area contributed by atoms with E-state index in [-0.39, 0.29) is 23.2 Å². The predicted molar refractivity (Wildman–Crippen MR) is 107 cm³/mol. The molecule has 146 valence electrons. The number of carbonyl (C=O) groups excluding carboxylic acids is 1. The molecule has 27 heavy (non-hydrogen) atoms. The van der Waals surface area contributed by atoms with Crippen molar-refractivity contribution in [2.24, 2.45) is 0 Å². The van der Waals surface area contributed by atoms with Gasteiger partial charge in [-0.05, 0) is 36.6 Å². The van der Waals surface area contributed by atoms with Crippen LogP contribution in [-0.2, 0) is 21.2 Å². The van der Waals surface area contributed by atoms with Crippen LogP contribution in [0.2, 0.25) is 5.02 Å². The average molecular weight is 411 g/mol. The molecule has 2 atom stereocenters. The highest BCUT2D eigenvalue weighted by molar-refractivity contribution is 7.92. The van der Waals surface area contributed by atoms with Crippen LogP contribution in [0.3, 0.4) is 0 Å². The van der Waals surface area contributed by atoms with Crippen LogP contribution in [0, 0.1) is 0 Å². The molecule has 0 aliphatic rings. The first-order valence-electron chi connectivity index (χ1n) is 8.42. The van der Waals surface area contributed by atoms with Crippen LogP contribution in [0.15, 0.2) is 48.5 Å². The van der Waals surface area contributed by atoms with Crippen LogP contribution in [-0.4, -0.2) is 38.3 Å². The van der Waals surface area contributed by atoms with Gasteiger partial charge in [0, 0.05) is 0 Å². The van der Waals surface area contributed by atoms with Crippen LogP contribution < -0.4 is 10.0 Å². The summed E-state index contributed by atoms with van der Waals surface area (Å²) in [6, 6.07) is 13.9. The summed E-state index contributed by atoms with van der Waals surface area (Å²) in [5, 5.41) is 12.6. The lowest BCUT2D eigenvalue weighted by atomic mass is 9.99. The summed E-state index contributed by atoms with van der Waals surface area (Å²) in [5.74, 6) is -0.760. The molecular formula is C19H23ClN2O4S. The third-order valence-corrected chi connectivity index (χ3v) is 4.98. The summed E-state index contributed by atoms with van der Waals surface area (Å²) in [7, 11) is -3.44. The molecule has 0 fully saturated rings. The van der Waals surface area contributed by atoms with E-state index in [1.54, 1.807) is 19.1 Å². The fourth-order valence-corrected chi connectivity index (χ4v) is 3.49. The third-order valence-electron chi connectivity index (χ3n) is 4.07. The minimum atomic E-state index is -3.44. The largest absolute Gasteiger partial charge is 0.394 e. The number of aliphatic hydroxyl groups excluding tert-OH is 1. The Morgan fingerprint density at radius 1 is 1.19 bits per heavy atom. The highest BCUT2D eigenvalue weighted by atomic mass is 35.5. The standard InChI is InChI=1S/C19H23ClN2O4S/c1-13(15-8-9-18(17(20)11-15)22-27(2,25)26)19(24)21-16(12-23)10-14-6-4-3-5-7-14/h3-9,11,13,16,22-23H,10,12H2,1-2H3,(H,21,24)/t13-,16-/m0/s1. The maximum Gasteiger partial charge on any atom is 0.229 e. The van der Waals surface area contributed by atoms with Crippen molar-refractivity contribution in [2.75, 3.05) is 17.6 Å². The van der Waals surface area contributed by atoms with Gasteiger partial charge in [0.05, 0.1) is 35.5 Å². The maximum atomic E-state index is 12.6. The number of amides is 1. The SMILES string of the molecule is C[C@H](C(=O)N[C@H](CO)Cc1ccccc1)c1ccc(NS(C)(=O)=O)c(Cl)c1. The Hall–Kier alpha value is -2.09. The third kappa shape index (κ3) is 6.53. The zero-order valence-electron chi connectivity index (χ0n) is 15.1. The van der Waals surface area contributed by atoms with Gasteiger partial charge in [-0.1, -0.05) is 48.0 Å². The summed E-state index contributed by atoms with van der Waals surface area (Å²) in [6.45, 7) is 1.55. The highest BCUT2D eigenvalue weighted by Gasteiger charge is 2.20. The second-order valence-corrected chi connectivity index (χ2v) is 8.57. The van der Waals surface area contributed by atoms with E-state index in [4.69, 9.17) is 11.6 Å². The van der Waals surface area contributed by atoms with Crippen LogP contribution in [0.4, 0.5) is 5.69 Å². The van der Waals surface area contributed by atoms with E-state index >= 15 is 0 Å². The van der Waals surface area contributed by atoms with Gasteiger partial charge in [-0.15, -0.1) is 0 Å². The number of hydrogen-bond acceptors (Lipinski definition) is 4. The Balaban J connectivity index is 2.06. The monoisotopic (exact) mass is 410 g/mol. The normalized spacial score (nSPS) is 13.6. The van der Waals surface area contributed by atoms with Gasteiger partial charge < -0.3 is 10.4 Å². The first-order chi connectivity index (χ1) is 12.7. The van der Waals surface area contributed by atoms with Crippen molar-refractivity contribution in [3.63, 3.8) is 0 Å². The Morgan fingerprint density at radius 2 is 1.85 bits per heavy atom. The number of aliphatic hydroxyl groups is 1. The smallest absolute Gasteiger partial charge is 0.229 e. The topological polar surface area (TPSA) is 95.5 Å². The van der Waals surface area contributed by atoms with Crippen molar-refractivity contribution >= 4 is 33.2 Å². The Morgan fingerprint density at radius 3 is 2.41 bits per heavy atom. The lowest BCUT2D eigenvalue weighted by Gasteiger charge is -2.20. The molecule has 2 aromatic carbocycles. The number of hydrogen-bond donors (Lipinski definition) is 3. The van der Waals surface area contributed by atoms with Crippen molar-refractivity contribution in [3.8, 4) is 0 Å². The van der Waals surface area contributed by atoms with Gasteiger partial charge in [0.25, 0.3) is 0 Å². The zero-order chi connectivity index (χ0) is 20.0. The fourth-order valence-electron chi connectivity index (χ4n) is 2.62. The average Bonchev–Trinajstić information content (AvgIpc) is 2.62.